The van der Waals surface area contributed by atoms with Crippen molar-refractivity contribution in [3.63, 3.8) is 0 Å². The maximum absolute atomic E-state index is 6.36. The molecule has 0 atom stereocenters. The fraction of sp³-hybridized carbons (Fsp3) is 0. The summed E-state index contributed by atoms with van der Waals surface area (Å²) in [5, 5.41) is 16.0. The zero-order chi connectivity index (χ0) is 81.0. The van der Waals surface area contributed by atoms with E-state index >= 15 is 0 Å². The Morgan fingerprint density at radius 2 is 0.452 bits per heavy atom. The first kappa shape index (κ1) is 78.2. The number of benzene rings is 13. The van der Waals surface area contributed by atoms with Gasteiger partial charge in [-0.05, 0) is 136 Å². The number of fused-ring (bicyclic) bond motifs is 21. The van der Waals surface area contributed by atoms with Crippen molar-refractivity contribution in [2.45, 2.75) is 0 Å². The van der Waals surface area contributed by atoms with Crippen molar-refractivity contribution in [1.29, 1.82) is 0 Å². The van der Waals surface area contributed by atoms with Crippen LogP contribution in [0.4, 0.5) is 0 Å². The summed E-state index contributed by atoms with van der Waals surface area (Å²) >= 11 is 0. The number of para-hydroxylation sites is 7. The molecule has 26 aromatic rings. The van der Waals surface area contributed by atoms with Crippen molar-refractivity contribution in [2.75, 3.05) is 0 Å². The van der Waals surface area contributed by atoms with Crippen LogP contribution in [0.25, 0.3) is 193 Å². The first-order valence-corrected chi connectivity index (χ1v) is 40.6. The smallest absolute Gasteiger partial charge is 0.509 e. The molecule has 0 radical (unpaired) electrons. The molecule has 0 aliphatic rings. The standard InChI is InChI=1S/C40H23N5.2C34H20N4O.3Pd/c1-4-14-34-28(10-1)31-21-19-27(44-35-15-5-3-12-30(35)33-13-9-23-42-40(33)44)25-37(31)43(34)26-18-20-32-29-11-2-6-16-36(29)45(38(32)24-26)39-17-7-8-22-41-39;1-4-15-31-26(11-1)28-18-17-25(22-32(28)38(31)33-16-5-6-19-35-33)39-24-10-7-9-23(21-24)37-30-14-3-2-12-27(30)29-13-8-20-36-34(29)37;1-3-11-29-25(9-1)28-18-16-24(39-34-14-6-8-20-36-34)22-32(28)37(29)23-15-17-27-26-10-2-4-12-30(26)38(31(27)21-23)33-13-5-7-19-35-33;;;/h1-23H;2*1-20H;;;/q3*-2;3*+2. The van der Waals surface area contributed by atoms with E-state index in [2.05, 4.69) is 307 Å². The number of ether oxygens (including phenoxy) is 2. The number of hydrogen-bond donors (Lipinski definition) is 0. The Hall–Kier alpha value is -15.1. The molecule has 0 saturated heterocycles. The van der Waals surface area contributed by atoms with Crippen molar-refractivity contribution < 1.29 is 70.7 Å². The minimum absolute atomic E-state index is 0. The second-order valence-corrected chi connectivity index (χ2v) is 30.0. The summed E-state index contributed by atoms with van der Waals surface area (Å²) in [6.07, 6.45) is 10.9. The maximum atomic E-state index is 6.36. The Kier molecular flexibility index (Phi) is 20.3. The molecule has 126 heavy (non-hydrogen) atoms. The molecule has 26 rings (SSSR count). The third kappa shape index (κ3) is 13.1. The van der Waals surface area contributed by atoms with Crippen molar-refractivity contribution >= 4 is 153 Å². The molecule has 0 bridgehead atoms. The van der Waals surface area contributed by atoms with Crippen LogP contribution in [0, 0.1) is 36.4 Å². The zero-order valence-electron chi connectivity index (χ0n) is 66.5. The fourth-order valence-electron chi connectivity index (χ4n) is 17.9. The molecule has 0 saturated carbocycles. The van der Waals surface area contributed by atoms with Crippen molar-refractivity contribution in [3.05, 3.63) is 419 Å². The molecular formula is C108H63N13O2Pd3. The van der Waals surface area contributed by atoms with Crippen molar-refractivity contribution in [1.82, 2.24) is 61.9 Å². The van der Waals surface area contributed by atoms with Crippen molar-refractivity contribution in [2.24, 2.45) is 0 Å². The van der Waals surface area contributed by atoms with Crippen LogP contribution in [0.5, 0.6) is 23.1 Å². The van der Waals surface area contributed by atoms with Gasteiger partial charge < -0.3 is 41.4 Å². The largest absolute Gasteiger partial charge is 2.00 e. The van der Waals surface area contributed by atoms with Gasteiger partial charge in [0.15, 0.2) is 0 Å². The third-order valence-electron chi connectivity index (χ3n) is 23.1. The molecule has 0 fully saturated rings. The second kappa shape index (κ2) is 32.6. The third-order valence-corrected chi connectivity index (χ3v) is 23.1. The molecule has 13 aromatic heterocycles. The number of rotatable bonds is 11. The molecule has 18 heteroatoms. The molecule has 13 aromatic carbocycles. The molecule has 0 amide bonds. The van der Waals surface area contributed by atoms with Gasteiger partial charge in [-0.1, -0.05) is 202 Å². The summed E-state index contributed by atoms with van der Waals surface area (Å²) < 4.78 is 27.8. The quantitative estimate of drug-likeness (QED) is 0.0924. The van der Waals surface area contributed by atoms with Crippen LogP contribution in [-0.2, 0) is 61.3 Å². The van der Waals surface area contributed by atoms with Gasteiger partial charge in [0.05, 0.1) is 11.0 Å². The van der Waals surface area contributed by atoms with Crippen LogP contribution in [-0.4, -0.2) is 61.9 Å². The summed E-state index contributed by atoms with van der Waals surface area (Å²) in [6.45, 7) is 0. The van der Waals surface area contributed by atoms with Gasteiger partial charge in [-0.3, -0.25) is 0 Å². The minimum Gasteiger partial charge on any atom is -0.509 e. The minimum atomic E-state index is 0. The van der Waals surface area contributed by atoms with E-state index in [-0.39, 0.29) is 61.3 Å². The van der Waals surface area contributed by atoms with Crippen LogP contribution in [0.15, 0.2) is 383 Å². The molecule has 13 heterocycles. The van der Waals surface area contributed by atoms with E-state index in [1.54, 1.807) is 12.4 Å². The molecule has 0 N–H and O–H groups in total. The Balaban J connectivity index is 0.000000114. The molecular weight excluding hydrogens is 1830 g/mol. The van der Waals surface area contributed by atoms with Gasteiger partial charge in [0.2, 0.25) is 5.88 Å². The van der Waals surface area contributed by atoms with Gasteiger partial charge in [-0.25, -0.2) is 29.9 Å². The van der Waals surface area contributed by atoms with Crippen LogP contribution < -0.4 is 9.47 Å². The van der Waals surface area contributed by atoms with E-state index in [9.17, 15) is 0 Å². The van der Waals surface area contributed by atoms with Crippen LogP contribution in [0.1, 0.15) is 0 Å². The molecule has 0 unspecified atom stereocenters. The van der Waals surface area contributed by atoms with Gasteiger partial charge in [0, 0.05) is 110 Å². The van der Waals surface area contributed by atoms with E-state index in [0.29, 0.717) is 23.1 Å². The van der Waals surface area contributed by atoms with E-state index in [0.717, 1.165) is 172 Å². The Morgan fingerprint density at radius 3 is 0.833 bits per heavy atom. The van der Waals surface area contributed by atoms with Gasteiger partial charge in [-0.15, -0.1) is 106 Å². The molecule has 602 valence electrons. The van der Waals surface area contributed by atoms with Gasteiger partial charge >= 0.3 is 61.3 Å². The van der Waals surface area contributed by atoms with Gasteiger partial charge in [-0.2, -0.15) is 36.4 Å². The molecule has 0 aliphatic heterocycles. The van der Waals surface area contributed by atoms with Crippen molar-refractivity contribution in [3.8, 4) is 63.3 Å². The first-order valence-electron chi connectivity index (χ1n) is 40.6. The molecule has 0 spiro atoms. The number of aromatic nitrogens is 13. The predicted molar refractivity (Wildman–Crippen MR) is 493 cm³/mol. The number of nitrogens with zero attached hydrogens (tertiary/aromatic N) is 13. The van der Waals surface area contributed by atoms with Gasteiger partial charge in [0.1, 0.15) is 28.7 Å². The second-order valence-electron chi connectivity index (χ2n) is 30.0. The summed E-state index contributed by atoms with van der Waals surface area (Å²) in [5.74, 6) is 4.91. The SMILES string of the molecule is [Pd+2].[Pd+2].[Pd+2].[c-]1c(-n2c3ccccc3c3cccnc32)ccc2c3ccccc3n(-c3[c-]c4c(cc3)c3ccccc3n4-c3ccccn3)c12.[c-]1c(Oc2[c-]c3c(cc2)c2ccccc2n3-c2ccccn2)cccc1-n1c2ccccc2c2cccnc21.[c-]1c(Oc2ccccn2)ccc2c3ccccc3n(-c3[c-]c4c(cc3)c3ccccc3n4-c3ccccn3)c12. The van der Waals surface area contributed by atoms with Gasteiger partial charge in [0.25, 0.3) is 0 Å². The Bertz CT molecular complexity index is 8570. The van der Waals surface area contributed by atoms with E-state index in [1.165, 1.54) is 21.5 Å². The van der Waals surface area contributed by atoms with Crippen LogP contribution >= 0.6 is 0 Å². The summed E-state index contributed by atoms with van der Waals surface area (Å²) in [4.78, 5) is 27.8. The fourth-order valence-corrected chi connectivity index (χ4v) is 17.9. The average molecular weight is 1890 g/mol. The Labute approximate surface area is 761 Å². The maximum Gasteiger partial charge on any atom is 2.00 e. The number of hydrogen-bond acceptors (Lipinski definition) is 8. The average Bonchev–Trinajstić information content (AvgIpc) is 1.55. The topological polar surface area (TPSA) is 130 Å². The normalized spacial score (nSPS) is 11.5. The predicted octanol–water partition coefficient (Wildman–Crippen LogP) is 25.5. The summed E-state index contributed by atoms with van der Waals surface area (Å²) in [6, 6.07) is 140. The van der Waals surface area contributed by atoms with Crippen LogP contribution in [0.3, 0.4) is 0 Å². The van der Waals surface area contributed by atoms with Crippen LogP contribution in [0.2, 0.25) is 0 Å². The Morgan fingerprint density at radius 1 is 0.175 bits per heavy atom. The monoisotopic (exact) mass is 1890 g/mol. The van der Waals surface area contributed by atoms with E-state index < -0.39 is 0 Å². The summed E-state index contributed by atoms with van der Waals surface area (Å²) in [5.41, 5.74) is 17.9. The number of pyridine rings is 6. The van der Waals surface area contributed by atoms with E-state index in [1.807, 2.05) is 152 Å². The zero-order valence-corrected chi connectivity index (χ0v) is 71.1. The molecule has 15 nitrogen and oxygen atoms in total. The van der Waals surface area contributed by atoms with E-state index in [4.69, 9.17) is 19.4 Å². The molecule has 0 aliphatic carbocycles. The first-order chi connectivity index (χ1) is 61.0. The summed E-state index contributed by atoms with van der Waals surface area (Å²) in [7, 11) is 0.